The van der Waals surface area contributed by atoms with E-state index in [0.29, 0.717) is 0 Å². The third-order valence-electron chi connectivity index (χ3n) is 0. The van der Waals surface area contributed by atoms with Crippen molar-refractivity contribution in [2.75, 3.05) is 0 Å². The van der Waals surface area contributed by atoms with E-state index in [4.69, 9.17) is 37.3 Å². The van der Waals surface area contributed by atoms with Crippen LogP contribution in [-0.2, 0) is 0 Å². The van der Waals surface area contributed by atoms with Gasteiger partial charge in [-0.25, -0.2) is 0 Å². The van der Waals surface area contributed by atoms with Crippen LogP contribution in [0.5, 0.6) is 0 Å². The summed E-state index contributed by atoms with van der Waals surface area (Å²) in [7, 11) is 0. The van der Waals surface area contributed by atoms with Gasteiger partial charge >= 0.3 is 11.0 Å². The molecule has 13 heavy (non-hydrogen) atoms. The van der Waals surface area contributed by atoms with Crippen LogP contribution in [0.1, 0.15) is 0 Å². The van der Waals surface area contributed by atoms with Gasteiger partial charge < -0.3 is 37.3 Å². The summed E-state index contributed by atoms with van der Waals surface area (Å²) < 4.78 is 65.9. The first kappa shape index (κ1) is 29.2. The Bertz CT molecular complexity index is 24.1. The van der Waals surface area contributed by atoms with Crippen molar-refractivity contribution < 1.29 is 82.6 Å². The Labute approximate surface area is 93.7 Å². The molecule has 0 saturated heterocycles. The number of hydrogen-bond donors (Lipinski definition) is 0. The van der Waals surface area contributed by atoms with E-state index in [0.717, 1.165) is 0 Å². The summed E-state index contributed by atoms with van der Waals surface area (Å²) in [6, 6.07) is 0. The van der Waals surface area contributed by atoms with Gasteiger partial charge in [-0.1, -0.05) is 0 Å². The molecule has 0 aromatic heterocycles. The minimum atomic E-state index is -0.417. The molecule has 0 aromatic carbocycles. The van der Waals surface area contributed by atoms with E-state index < -0.39 is 45.3 Å². The molecule has 0 amide bonds. The average molecular weight is 298 g/mol. The van der Waals surface area contributed by atoms with Crippen LogP contribution in [0.4, 0.5) is 0 Å². The van der Waals surface area contributed by atoms with E-state index >= 15 is 0 Å². The van der Waals surface area contributed by atoms with Crippen molar-refractivity contribution in [3.05, 3.63) is 0 Å². The minimum absolute atomic E-state index is 0. The zero-order valence-electron chi connectivity index (χ0n) is 5.28. The molecular formula is Cl4O8Si. The van der Waals surface area contributed by atoms with Crippen molar-refractivity contribution >= 4 is 11.0 Å². The van der Waals surface area contributed by atoms with Gasteiger partial charge in [0.1, 0.15) is 0 Å². The topological polar surface area (TPSA) is 184 Å². The molecule has 13 heteroatoms. The van der Waals surface area contributed by atoms with Crippen LogP contribution in [-0.4, -0.2) is 11.0 Å². The Balaban J connectivity index is -0.0000000213. The molecule has 0 aliphatic heterocycles. The van der Waals surface area contributed by atoms with Crippen molar-refractivity contribution in [2.24, 2.45) is 0 Å². The van der Waals surface area contributed by atoms with Crippen LogP contribution in [0, 0.1) is 45.3 Å². The van der Waals surface area contributed by atoms with E-state index in [2.05, 4.69) is 0 Å². The second-order valence-electron chi connectivity index (χ2n) is 0.252. The van der Waals surface area contributed by atoms with Crippen molar-refractivity contribution in [3.63, 3.8) is 0 Å². The van der Waals surface area contributed by atoms with E-state index in [-0.39, 0.29) is 11.0 Å². The molecule has 0 aliphatic carbocycles. The largest absolute Gasteiger partial charge is 4.00 e. The summed E-state index contributed by atoms with van der Waals surface area (Å²) in [6.07, 6.45) is 0. The zero-order valence-corrected chi connectivity index (χ0v) is 9.30. The first-order chi connectivity index (χ1) is 5.66. The van der Waals surface area contributed by atoms with Gasteiger partial charge in [0.2, 0.25) is 0 Å². The maximum absolute atomic E-state index is 8.24. The van der Waals surface area contributed by atoms with Crippen LogP contribution in [0.2, 0.25) is 0 Å². The van der Waals surface area contributed by atoms with Crippen LogP contribution in [0.3, 0.4) is 0 Å². The fourth-order valence-corrected chi connectivity index (χ4v) is 0. The summed E-state index contributed by atoms with van der Waals surface area (Å²) >= 11 is -1.67. The molecule has 0 atom stereocenters. The monoisotopic (exact) mass is 296 g/mol. The molecule has 0 fully saturated rings. The second kappa shape index (κ2) is 74.2. The van der Waals surface area contributed by atoms with Crippen molar-refractivity contribution in [1.29, 1.82) is 0 Å². The number of halogens is 4. The molecule has 0 aromatic rings. The maximum atomic E-state index is 8.24. The normalized spacial score (nSPS) is 5.54. The fourth-order valence-electron chi connectivity index (χ4n) is 0. The summed E-state index contributed by atoms with van der Waals surface area (Å²) in [4.78, 5) is 0. The van der Waals surface area contributed by atoms with Gasteiger partial charge in [0.25, 0.3) is 0 Å². The van der Waals surface area contributed by atoms with Gasteiger partial charge in [-0.15, -0.1) is 0 Å². The number of rotatable bonds is 0. The molecule has 0 heterocycles. The molecule has 0 unspecified atom stereocenters. The van der Waals surface area contributed by atoms with E-state index in [1.807, 2.05) is 0 Å². The molecular weight excluding hydrogens is 298 g/mol. The van der Waals surface area contributed by atoms with Gasteiger partial charge in [0, 0.05) is 0 Å². The van der Waals surface area contributed by atoms with Crippen LogP contribution in [0.15, 0.2) is 0 Å². The molecule has 80 valence electrons. The fraction of sp³-hybridized carbons (Fsp3) is 0. The minimum Gasteiger partial charge on any atom is -0.544 e. The summed E-state index contributed by atoms with van der Waals surface area (Å²) in [6.45, 7) is 0. The summed E-state index contributed by atoms with van der Waals surface area (Å²) in [5, 5.41) is 0. The van der Waals surface area contributed by atoms with Gasteiger partial charge in [0.15, 0.2) is 0 Å². The Morgan fingerprint density at radius 2 is 0.385 bits per heavy atom. The van der Waals surface area contributed by atoms with Crippen LogP contribution < -0.4 is 37.3 Å². The molecule has 0 saturated carbocycles. The van der Waals surface area contributed by atoms with E-state index in [1.54, 1.807) is 0 Å². The van der Waals surface area contributed by atoms with E-state index in [1.165, 1.54) is 0 Å². The molecule has 8 nitrogen and oxygen atoms in total. The molecule has 0 bridgehead atoms. The predicted octanol–water partition coefficient (Wildman–Crippen LogP) is -9.89. The first-order valence-electron chi connectivity index (χ1n) is 1.23. The molecule has 0 radical (unpaired) electrons. The third-order valence-corrected chi connectivity index (χ3v) is 0. The Hall–Kier alpha value is 1.06. The van der Waals surface area contributed by atoms with Crippen LogP contribution in [0.25, 0.3) is 0 Å². The second-order valence-corrected chi connectivity index (χ2v) is 0.756. The average Bonchev–Trinajstić information content (AvgIpc) is 1.92. The quantitative estimate of drug-likeness (QED) is 0.394. The Kier molecular flexibility index (Phi) is 167. The van der Waals surface area contributed by atoms with Gasteiger partial charge in [-0.3, -0.25) is 0 Å². The predicted molar refractivity (Wildman–Crippen MR) is 5.75 cm³/mol. The first-order valence-corrected chi connectivity index (χ1v) is 3.70. The molecule has 0 N–H and O–H groups in total. The Morgan fingerprint density at radius 1 is 0.385 bits per heavy atom. The van der Waals surface area contributed by atoms with E-state index in [9.17, 15) is 0 Å². The van der Waals surface area contributed by atoms with Gasteiger partial charge in [-0.05, 0) is 0 Å². The van der Waals surface area contributed by atoms with Crippen molar-refractivity contribution in [2.45, 2.75) is 0 Å². The van der Waals surface area contributed by atoms with Crippen LogP contribution >= 0.6 is 0 Å². The number of hydrogen-bond acceptors (Lipinski definition) is 8. The standard InChI is InChI=1S/4ClO2.Si/c4*2-1-3;/q4*-1;+4. The maximum Gasteiger partial charge on any atom is 4.00 e. The molecule has 0 spiro atoms. The zero-order chi connectivity index (χ0) is 10.8. The van der Waals surface area contributed by atoms with Crippen molar-refractivity contribution in [1.82, 2.24) is 0 Å². The van der Waals surface area contributed by atoms with Gasteiger partial charge in [0.05, 0.1) is 45.3 Å². The van der Waals surface area contributed by atoms with Gasteiger partial charge in [-0.2, -0.15) is 0 Å². The Morgan fingerprint density at radius 3 is 0.385 bits per heavy atom. The third kappa shape index (κ3) is 1430. The molecule has 0 aliphatic rings. The summed E-state index contributed by atoms with van der Waals surface area (Å²) in [5.74, 6) is 0. The molecule has 0 rings (SSSR count). The smallest absolute Gasteiger partial charge is 0.544 e. The SMILES string of the molecule is [O-][Cl+][O-].[O-][Cl+][O-].[O-][Cl+][O-].[O-][Cl+][O-].[Si+4]. The van der Waals surface area contributed by atoms with Crippen molar-refractivity contribution in [3.8, 4) is 0 Å². The summed E-state index contributed by atoms with van der Waals surface area (Å²) in [5.41, 5.74) is 0.